The van der Waals surface area contributed by atoms with E-state index in [1.807, 2.05) is 0 Å². The van der Waals surface area contributed by atoms with Crippen molar-refractivity contribution in [1.29, 1.82) is 0 Å². The Morgan fingerprint density at radius 2 is 1.92 bits per heavy atom. The molecule has 0 heterocycles. The first-order valence-corrected chi connectivity index (χ1v) is 7.50. The van der Waals surface area contributed by atoms with Gasteiger partial charge in [0, 0.05) is 22.2 Å². The number of nitro groups is 1. The van der Waals surface area contributed by atoms with Crippen LogP contribution < -0.4 is 4.74 Å². The lowest BCUT2D eigenvalue weighted by molar-refractivity contribution is -0.385. The van der Waals surface area contributed by atoms with E-state index in [0.29, 0.717) is 10.6 Å². The number of hydrogen-bond acceptors (Lipinski definition) is 6. The molecule has 2 aromatic carbocycles. The van der Waals surface area contributed by atoms with Gasteiger partial charge in [-0.05, 0) is 25.1 Å². The maximum absolute atomic E-state index is 12.1. The lowest BCUT2D eigenvalue weighted by Gasteiger charge is -2.09. The Balaban J connectivity index is 2.12. The molecule has 0 saturated carbocycles. The molecule has 25 heavy (non-hydrogen) atoms. The quantitative estimate of drug-likeness (QED) is 0.336. The summed E-state index contributed by atoms with van der Waals surface area (Å²) < 4.78 is 10.0. The number of rotatable bonds is 6. The lowest BCUT2D eigenvalue weighted by atomic mass is 10.1. The highest BCUT2D eigenvalue weighted by molar-refractivity contribution is 6.31. The number of nitro benzene ring substituents is 1. The van der Waals surface area contributed by atoms with Gasteiger partial charge in [0.1, 0.15) is 11.3 Å². The molecular formula is C17H14ClNO6. The number of Topliss-reactive ketones (excluding diaryl/α,β-unsaturated/α-hetero) is 1. The molecule has 0 unspecified atom stereocenters. The summed E-state index contributed by atoms with van der Waals surface area (Å²) in [7, 11) is 1.39. The molecule has 0 amide bonds. The van der Waals surface area contributed by atoms with Crippen LogP contribution in [0.1, 0.15) is 26.3 Å². The summed E-state index contributed by atoms with van der Waals surface area (Å²) in [6.45, 7) is 1.01. The average molecular weight is 364 g/mol. The van der Waals surface area contributed by atoms with Crippen molar-refractivity contribution in [2.24, 2.45) is 0 Å². The Morgan fingerprint density at radius 3 is 2.56 bits per heavy atom. The first-order chi connectivity index (χ1) is 11.8. The van der Waals surface area contributed by atoms with Crippen LogP contribution in [0.25, 0.3) is 0 Å². The molecule has 0 radical (unpaired) electrons. The normalized spacial score (nSPS) is 10.2. The summed E-state index contributed by atoms with van der Waals surface area (Å²) in [5.41, 5.74) is 0.428. The third-order valence-corrected chi connectivity index (χ3v) is 3.68. The molecule has 2 rings (SSSR count). The number of esters is 1. The molecule has 7 nitrogen and oxygen atoms in total. The number of ketones is 1. The van der Waals surface area contributed by atoms with Gasteiger partial charge in [-0.3, -0.25) is 14.9 Å². The van der Waals surface area contributed by atoms with Crippen LogP contribution in [0, 0.1) is 17.0 Å². The smallest absolute Gasteiger partial charge is 0.342 e. The van der Waals surface area contributed by atoms with Gasteiger partial charge in [0.15, 0.2) is 6.61 Å². The number of methoxy groups -OCH3 is 1. The van der Waals surface area contributed by atoms with Gasteiger partial charge in [0.2, 0.25) is 5.78 Å². The van der Waals surface area contributed by atoms with Crippen LogP contribution in [0.15, 0.2) is 36.4 Å². The number of benzene rings is 2. The van der Waals surface area contributed by atoms with Crippen molar-refractivity contribution in [1.82, 2.24) is 0 Å². The predicted octanol–water partition coefficient (Wildman–Crippen LogP) is 3.60. The van der Waals surface area contributed by atoms with E-state index in [9.17, 15) is 19.7 Å². The minimum Gasteiger partial charge on any atom is -0.496 e. The molecule has 0 atom stereocenters. The van der Waals surface area contributed by atoms with Crippen LogP contribution in [0.3, 0.4) is 0 Å². The molecule has 0 aliphatic rings. The molecule has 130 valence electrons. The highest BCUT2D eigenvalue weighted by Gasteiger charge is 2.19. The van der Waals surface area contributed by atoms with Gasteiger partial charge < -0.3 is 9.47 Å². The van der Waals surface area contributed by atoms with Crippen molar-refractivity contribution in [3.63, 3.8) is 0 Å². The number of nitrogens with zero attached hydrogens (tertiary/aromatic N) is 1. The van der Waals surface area contributed by atoms with E-state index in [1.165, 1.54) is 31.4 Å². The van der Waals surface area contributed by atoms with Crippen LogP contribution in [-0.4, -0.2) is 30.4 Å². The van der Waals surface area contributed by atoms with Crippen molar-refractivity contribution in [3.8, 4) is 5.75 Å². The second kappa shape index (κ2) is 7.76. The highest BCUT2D eigenvalue weighted by atomic mass is 35.5. The van der Waals surface area contributed by atoms with Crippen LogP contribution in [-0.2, 0) is 4.74 Å². The number of aryl methyl sites for hydroxylation is 1. The van der Waals surface area contributed by atoms with Crippen molar-refractivity contribution < 1.29 is 24.0 Å². The molecule has 0 aromatic heterocycles. The fraction of sp³-hybridized carbons (Fsp3) is 0.176. The Hall–Kier alpha value is -2.93. The standard InChI is InChI=1S/C17H14ClNO6/c1-10-3-4-11(7-14(10)19(22)23)15(20)9-25-17(21)13-8-12(18)5-6-16(13)24-2/h3-8H,9H2,1-2H3. The molecule has 2 aromatic rings. The summed E-state index contributed by atoms with van der Waals surface area (Å²) in [5, 5.41) is 11.2. The van der Waals surface area contributed by atoms with Crippen molar-refractivity contribution in [3.05, 3.63) is 68.2 Å². The topological polar surface area (TPSA) is 95.7 Å². The van der Waals surface area contributed by atoms with Crippen LogP contribution in [0.2, 0.25) is 5.02 Å². The maximum atomic E-state index is 12.1. The van der Waals surface area contributed by atoms with Crippen molar-refractivity contribution >= 4 is 29.0 Å². The zero-order valence-corrected chi connectivity index (χ0v) is 14.2. The summed E-state index contributed by atoms with van der Waals surface area (Å²) in [5.74, 6) is -1.08. The molecule has 0 aliphatic carbocycles. The second-order valence-corrected chi connectivity index (χ2v) is 5.54. The lowest BCUT2D eigenvalue weighted by Crippen LogP contribution is -2.15. The molecule has 0 aliphatic heterocycles. The van der Waals surface area contributed by atoms with E-state index in [-0.39, 0.29) is 22.6 Å². The van der Waals surface area contributed by atoms with Crippen molar-refractivity contribution in [2.75, 3.05) is 13.7 Å². The Bertz CT molecular complexity index is 849. The van der Waals surface area contributed by atoms with E-state index in [2.05, 4.69) is 0 Å². The maximum Gasteiger partial charge on any atom is 0.342 e. The van der Waals surface area contributed by atoms with Gasteiger partial charge in [-0.15, -0.1) is 0 Å². The average Bonchev–Trinajstić information content (AvgIpc) is 2.59. The van der Waals surface area contributed by atoms with Gasteiger partial charge in [-0.1, -0.05) is 23.7 Å². The van der Waals surface area contributed by atoms with Gasteiger partial charge >= 0.3 is 5.97 Å². The van der Waals surface area contributed by atoms with Gasteiger partial charge in [0.25, 0.3) is 5.69 Å². The molecule has 8 heteroatoms. The molecule has 0 N–H and O–H groups in total. The minimum absolute atomic E-state index is 0.0812. The number of ether oxygens (including phenoxy) is 2. The first kappa shape index (κ1) is 18.4. The summed E-state index contributed by atoms with van der Waals surface area (Å²) >= 11 is 5.84. The summed E-state index contributed by atoms with van der Waals surface area (Å²) in [6.07, 6.45) is 0. The zero-order chi connectivity index (χ0) is 18.6. The number of hydrogen-bond donors (Lipinski definition) is 0. The van der Waals surface area contributed by atoms with Gasteiger partial charge in [-0.25, -0.2) is 4.79 Å². The van der Waals surface area contributed by atoms with E-state index in [0.717, 1.165) is 6.07 Å². The summed E-state index contributed by atoms with van der Waals surface area (Å²) in [4.78, 5) is 34.6. The van der Waals surface area contributed by atoms with E-state index >= 15 is 0 Å². The Labute approximate surface area is 148 Å². The van der Waals surface area contributed by atoms with Crippen molar-refractivity contribution in [2.45, 2.75) is 6.92 Å². The third kappa shape index (κ3) is 4.33. The van der Waals surface area contributed by atoms with Gasteiger partial charge in [0.05, 0.1) is 12.0 Å². The highest BCUT2D eigenvalue weighted by Crippen LogP contribution is 2.24. The number of carbonyl (C=O) groups is 2. The zero-order valence-electron chi connectivity index (χ0n) is 13.4. The molecule has 0 bridgehead atoms. The van der Waals surface area contributed by atoms with E-state index in [1.54, 1.807) is 13.0 Å². The molecule has 0 saturated heterocycles. The second-order valence-electron chi connectivity index (χ2n) is 5.10. The van der Waals surface area contributed by atoms with Crippen LogP contribution in [0.4, 0.5) is 5.69 Å². The molecule has 0 fully saturated rings. The largest absolute Gasteiger partial charge is 0.496 e. The van der Waals surface area contributed by atoms with Gasteiger partial charge in [-0.2, -0.15) is 0 Å². The fourth-order valence-electron chi connectivity index (χ4n) is 2.11. The Kier molecular flexibility index (Phi) is 5.71. The van der Waals surface area contributed by atoms with Crippen LogP contribution in [0.5, 0.6) is 5.75 Å². The molecular weight excluding hydrogens is 350 g/mol. The molecule has 0 spiro atoms. The third-order valence-electron chi connectivity index (χ3n) is 3.44. The number of halogens is 1. The number of carbonyl (C=O) groups excluding carboxylic acids is 2. The summed E-state index contributed by atoms with van der Waals surface area (Å²) in [6, 6.07) is 8.49. The Morgan fingerprint density at radius 1 is 1.20 bits per heavy atom. The predicted molar refractivity (Wildman–Crippen MR) is 90.5 cm³/mol. The van der Waals surface area contributed by atoms with Crippen LogP contribution >= 0.6 is 11.6 Å². The van der Waals surface area contributed by atoms with E-state index < -0.39 is 23.3 Å². The fourth-order valence-corrected chi connectivity index (χ4v) is 2.28. The SMILES string of the molecule is COc1ccc(Cl)cc1C(=O)OCC(=O)c1ccc(C)c([N+](=O)[O-])c1. The van der Waals surface area contributed by atoms with E-state index in [4.69, 9.17) is 21.1 Å². The monoisotopic (exact) mass is 363 g/mol. The first-order valence-electron chi connectivity index (χ1n) is 7.12. The minimum atomic E-state index is -0.783.